The Morgan fingerprint density at radius 1 is 1.35 bits per heavy atom. The lowest BCUT2D eigenvalue weighted by molar-refractivity contribution is -0.0441. The normalized spacial score (nSPS) is 27.5. The fraction of sp³-hybridized carbons (Fsp3) is 0.833. The van der Waals surface area contributed by atoms with E-state index in [1.54, 1.807) is 11.5 Å². The minimum Gasteiger partial charge on any atom is -0.315 e. The summed E-state index contributed by atoms with van der Waals surface area (Å²) >= 11 is 1.61. The largest absolute Gasteiger partial charge is 0.315 e. The molecule has 3 fully saturated rings. The highest BCUT2D eigenvalue weighted by Gasteiger charge is 2.47. The van der Waals surface area contributed by atoms with Crippen molar-refractivity contribution in [1.82, 2.24) is 19.8 Å². The number of hydrogen-bond donors (Lipinski definition) is 1. The van der Waals surface area contributed by atoms with Crippen LogP contribution in [-0.2, 0) is 6.54 Å². The zero-order valence-corrected chi connectivity index (χ0v) is 10.8. The van der Waals surface area contributed by atoms with Gasteiger partial charge in [0.2, 0.25) is 0 Å². The minimum atomic E-state index is 0.634. The van der Waals surface area contributed by atoms with E-state index in [9.17, 15) is 0 Å². The molecule has 1 spiro atoms. The second kappa shape index (κ2) is 3.73. The van der Waals surface area contributed by atoms with Gasteiger partial charge in [-0.1, -0.05) is 10.9 Å². The monoisotopic (exact) mass is 250 g/mol. The molecule has 0 aromatic carbocycles. The van der Waals surface area contributed by atoms with E-state index in [1.165, 1.54) is 56.0 Å². The molecule has 2 saturated heterocycles. The van der Waals surface area contributed by atoms with E-state index in [0.717, 1.165) is 12.5 Å². The molecule has 92 valence electrons. The molecule has 4 nitrogen and oxygen atoms in total. The molecule has 1 aromatic rings. The standard InChI is InChI=1S/C12H18N4S/c1-2-9(3-1)11-10(17-15-14-11)4-16-7-12(8-16)5-13-6-12/h9,13H,1-8H2. The fourth-order valence-electron chi connectivity index (χ4n) is 3.24. The van der Waals surface area contributed by atoms with E-state index in [0.29, 0.717) is 5.41 Å². The number of aromatic nitrogens is 2. The lowest BCUT2D eigenvalue weighted by atomic mass is 9.74. The smallest absolute Gasteiger partial charge is 0.0831 e. The Balaban J connectivity index is 1.40. The summed E-state index contributed by atoms with van der Waals surface area (Å²) in [4.78, 5) is 3.98. The van der Waals surface area contributed by atoms with Crippen LogP contribution in [0.25, 0.3) is 0 Å². The maximum absolute atomic E-state index is 4.35. The van der Waals surface area contributed by atoms with Gasteiger partial charge in [0.05, 0.1) is 10.6 Å². The van der Waals surface area contributed by atoms with Gasteiger partial charge in [-0.25, -0.2) is 0 Å². The molecule has 1 aliphatic carbocycles. The van der Waals surface area contributed by atoms with Crippen LogP contribution in [0.1, 0.15) is 35.8 Å². The molecule has 1 N–H and O–H groups in total. The average molecular weight is 250 g/mol. The van der Waals surface area contributed by atoms with Crippen LogP contribution in [0, 0.1) is 5.41 Å². The van der Waals surface area contributed by atoms with Crippen molar-refractivity contribution in [3.63, 3.8) is 0 Å². The third kappa shape index (κ3) is 1.63. The second-order valence-corrected chi connectivity index (χ2v) is 6.80. The summed E-state index contributed by atoms with van der Waals surface area (Å²) in [6.45, 7) is 6.06. The number of likely N-dealkylation sites (tertiary alicyclic amines) is 1. The van der Waals surface area contributed by atoms with Crippen LogP contribution in [0.3, 0.4) is 0 Å². The summed E-state index contributed by atoms with van der Waals surface area (Å²) in [5.41, 5.74) is 1.95. The first-order chi connectivity index (χ1) is 8.35. The molecular weight excluding hydrogens is 232 g/mol. The van der Waals surface area contributed by atoms with Gasteiger partial charge in [0.1, 0.15) is 0 Å². The Labute approximate surface area is 106 Å². The maximum Gasteiger partial charge on any atom is 0.0831 e. The molecule has 3 heterocycles. The average Bonchev–Trinajstić information content (AvgIpc) is 2.53. The van der Waals surface area contributed by atoms with Crippen LogP contribution in [0.5, 0.6) is 0 Å². The van der Waals surface area contributed by atoms with Gasteiger partial charge in [-0.3, -0.25) is 4.90 Å². The molecule has 0 radical (unpaired) electrons. The third-order valence-corrected chi connectivity index (χ3v) is 5.28. The topological polar surface area (TPSA) is 41.1 Å². The molecule has 0 unspecified atom stereocenters. The maximum atomic E-state index is 4.35. The van der Waals surface area contributed by atoms with Gasteiger partial charge in [0, 0.05) is 44.1 Å². The molecule has 0 amide bonds. The van der Waals surface area contributed by atoms with Crippen molar-refractivity contribution < 1.29 is 0 Å². The van der Waals surface area contributed by atoms with Gasteiger partial charge in [-0.15, -0.1) is 5.10 Å². The lowest BCUT2D eigenvalue weighted by Crippen LogP contribution is -2.70. The van der Waals surface area contributed by atoms with Crippen molar-refractivity contribution in [2.45, 2.75) is 31.7 Å². The summed E-state index contributed by atoms with van der Waals surface area (Å²) in [5.74, 6) is 0.726. The molecule has 4 rings (SSSR count). The molecule has 0 bridgehead atoms. The third-order valence-electron chi connectivity index (χ3n) is 4.56. The Hall–Kier alpha value is -0.520. The van der Waals surface area contributed by atoms with Crippen LogP contribution in [-0.4, -0.2) is 40.7 Å². The van der Waals surface area contributed by atoms with Crippen LogP contribution in [0.4, 0.5) is 0 Å². The fourth-order valence-corrected chi connectivity index (χ4v) is 4.01. The predicted molar refractivity (Wildman–Crippen MR) is 67.1 cm³/mol. The lowest BCUT2D eigenvalue weighted by Gasteiger charge is -2.56. The number of nitrogens with zero attached hydrogens (tertiary/aromatic N) is 3. The summed E-state index contributed by atoms with van der Waals surface area (Å²) in [7, 11) is 0. The Morgan fingerprint density at radius 2 is 2.18 bits per heavy atom. The van der Waals surface area contributed by atoms with Gasteiger partial charge in [0.15, 0.2) is 0 Å². The highest BCUT2D eigenvalue weighted by molar-refractivity contribution is 7.05. The molecule has 0 atom stereocenters. The van der Waals surface area contributed by atoms with Gasteiger partial charge >= 0.3 is 0 Å². The highest BCUT2D eigenvalue weighted by atomic mass is 32.1. The summed E-state index contributed by atoms with van der Waals surface area (Å²) < 4.78 is 4.16. The van der Waals surface area contributed by atoms with Crippen LogP contribution in [0.2, 0.25) is 0 Å². The van der Waals surface area contributed by atoms with Gasteiger partial charge < -0.3 is 5.32 Å². The van der Waals surface area contributed by atoms with Crippen LogP contribution >= 0.6 is 11.5 Å². The van der Waals surface area contributed by atoms with E-state index in [-0.39, 0.29) is 0 Å². The first-order valence-corrected chi connectivity index (χ1v) is 7.36. The first-order valence-electron chi connectivity index (χ1n) is 6.59. The van der Waals surface area contributed by atoms with Crippen molar-refractivity contribution in [3.8, 4) is 0 Å². The van der Waals surface area contributed by atoms with E-state index >= 15 is 0 Å². The highest BCUT2D eigenvalue weighted by Crippen LogP contribution is 2.40. The minimum absolute atomic E-state index is 0.634. The Kier molecular flexibility index (Phi) is 2.29. The summed E-state index contributed by atoms with van der Waals surface area (Å²) in [6, 6.07) is 0. The van der Waals surface area contributed by atoms with Crippen LogP contribution < -0.4 is 5.32 Å². The molecule has 2 aliphatic heterocycles. The summed E-state index contributed by atoms with van der Waals surface area (Å²) in [6.07, 6.45) is 4.03. The van der Waals surface area contributed by atoms with Gasteiger partial charge in [-0.05, 0) is 24.4 Å². The quantitative estimate of drug-likeness (QED) is 0.875. The van der Waals surface area contributed by atoms with Crippen molar-refractivity contribution >= 4 is 11.5 Å². The van der Waals surface area contributed by atoms with Gasteiger partial charge in [-0.2, -0.15) is 0 Å². The van der Waals surface area contributed by atoms with Crippen LogP contribution in [0.15, 0.2) is 0 Å². The molecular formula is C12H18N4S. The molecule has 1 aromatic heterocycles. The van der Waals surface area contributed by atoms with Gasteiger partial charge in [0.25, 0.3) is 0 Å². The van der Waals surface area contributed by atoms with E-state index in [2.05, 4.69) is 19.8 Å². The molecule has 5 heteroatoms. The summed E-state index contributed by atoms with van der Waals surface area (Å²) in [5, 5.41) is 7.73. The SMILES string of the molecule is C1CC(c2nnsc2CN2CC3(CNC3)C2)C1. The number of hydrogen-bond acceptors (Lipinski definition) is 5. The first kappa shape index (κ1) is 10.4. The predicted octanol–water partition coefficient (Wildman–Crippen LogP) is 1.21. The van der Waals surface area contributed by atoms with Crippen molar-refractivity contribution in [2.75, 3.05) is 26.2 Å². The molecule has 17 heavy (non-hydrogen) atoms. The van der Waals surface area contributed by atoms with Crippen molar-refractivity contribution in [3.05, 3.63) is 10.6 Å². The number of nitrogens with one attached hydrogen (secondary N) is 1. The Bertz CT molecular complexity index is 414. The van der Waals surface area contributed by atoms with E-state index < -0.39 is 0 Å². The molecule has 3 aliphatic rings. The number of rotatable bonds is 3. The van der Waals surface area contributed by atoms with E-state index in [4.69, 9.17) is 0 Å². The van der Waals surface area contributed by atoms with Crippen molar-refractivity contribution in [1.29, 1.82) is 0 Å². The Morgan fingerprint density at radius 3 is 2.76 bits per heavy atom. The molecule has 1 saturated carbocycles. The van der Waals surface area contributed by atoms with E-state index in [1.807, 2.05) is 0 Å². The second-order valence-electron chi connectivity index (χ2n) is 5.96. The van der Waals surface area contributed by atoms with Crippen molar-refractivity contribution in [2.24, 2.45) is 5.41 Å². The zero-order chi connectivity index (χ0) is 11.3. The zero-order valence-electron chi connectivity index (χ0n) is 9.98.